The summed E-state index contributed by atoms with van der Waals surface area (Å²) in [5.41, 5.74) is 1.59. The van der Waals surface area contributed by atoms with Gasteiger partial charge in [0, 0.05) is 0 Å². The third-order valence-corrected chi connectivity index (χ3v) is 3.95. The van der Waals surface area contributed by atoms with Crippen LogP contribution in [0, 0.1) is 6.92 Å². The van der Waals surface area contributed by atoms with E-state index in [-0.39, 0.29) is 11.9 Å². The number of hydrogen-bond donors (Lipinski definition) is 1. The van der Waals surface area contributed by atoms with E-state index in [1.807, 2.05) is 45.0 Å². The van der Waals surface area contributed by atoms with Crippen molar-refractivity contribution >= 4 is 5.91 Å². The van der Waals surface area contributed by atoms with Gasteiger partial charge in [0.25, 0.3) is 0 Å². The van der Waals surface area contributed by atoms with Crippen molar-refractivity contribution in [2.45, 2.75) is 45.1 Å². The highest BCUT2D eigenvalue weighted by molar-refractivity contribution is 5.88. The molecule has 0 aliphatic heterocycles. The summed E-state index contributed by atoms with van der Waals surface area (Å²) < 4.78 is 0. The second kappa shape index (κ2) is 8.71. The summed E-state index contributed by atoms with van der Waals surface area (Å²) in [6.45, 7) is 10.1. The van der Waals surface area contributed by atoms with E-state index >= 15 is 0 Å². The zero-order valence-electron chi connectivity index (χ0n) is 14.0. The molecule has 0 fully saturated rings. The Morgan fingerprint density at radius 3 is 2.55 bits per heavy atom. The number of aryl methyl sites for hydroxylation is 1. The molecule has 0 saturated carbocycles. The van der Waals surface area contributed by atoms with Crippen LogP contribution in [0.2, 0.25) is 0 Å². The molecule has 0 radical (unpaired) electrons. The SMILES string of the molecule is C=CCC(CC)(C(=O)NC(C)COOC)c1ccc(C)cc1. The van der Waals surface area contributed by atoms with Crippen LogP contribution in [0.1, 0.15) is 37.8 Å². The Bertz CT molecular complexity index is 484. The lowest BCUT2D eigenvalue weighted by Crippen LogP contribution is -2.48. The zero-order valence-corrected chi connectivity index (χ0v) is 14.0. The Labute approximate surface area is 133 Å². The van der Waals surface area contributed by atoms with Crippen molar-refractivity contribution in [3.8, 4) is 0 Å². The van der Waals surface area contributed by atoms with Crippen molar-refractivity contribution in [1.82, 2.24) is 5.32 Å². The minimum Gasteiger partial charge on any atom is -0.350 e. The standard InChI is InChI=1S/C18H27NO3/c1-6-12-18(7-2,16-10-8-14(3)9-11-16)17(20)19-15(4)13-22-21-5/h6,8-11,15H,1,7,12-13H2,2-5H3,(H,19,20). The molecule has 1 aromatic rings. The van der Waals surface area contributed by atoms with Gasteiger partial charge in [-0.05, 0) is 32.3 Å². The highest BCUT2D eigenvalue weighted by Crippen LogP contribution is 2.33. The fraction of sp³-hybridized carbons (Fsp3) is 0.500. The summed E-state index contributed by atoms with van der Waals surface area (Å²) >= 11 is 0. The van der Waals surface area contributed by atoms with Crippen LogP contribution >= 0.6 is 0 Å². The highest BCUT2D eigenvalue weighted by Gasteiger charge is 2.37. The number of amides is 1. The lowest BCUT2D eigenvalue weighted by atomic mass is 9.74. The van der Waals surface area contributed by atoms with Crippen LogP contribution in [0.3, 0.4) is 0 Å². The molecule has 1 rings (SSSR count). The van der Waals surface area contributed by atoms with Gasteiger partial charge in [-0.3, -0.25) is 4.79 Å². The van der Waals surface area contributed by atoms with E-state index in [1.165, 1.54) is 12.7 Å². The molecule has 22 heavy (non-hydrogen) atoms. The number of benzene rings is 1. The minimum atomic E-state index is -0.600. The molecule has 1 aromatic carbocycles. The van der Waals surface area contributed by atoms with Gasteiger partial charge in [-0.2, -0.15) is 0 Å². The molecule has 1 amide bonds. The van der Waals surface area contributed by atoms with Gasteiger partial charge >= 0.3 is 0 Å². The van der Waals surface area contributed by atoms with Crippen LogP contribution < -0.4 is 5.32 Å². The van der Waals surface area contributed by atoms with Gasteiger partial charge < -0.3 is 5.32 Å². The van der Waals surface area contributed by atoms with E-state index in [2.05, 4.69) is 16.8 Å². The third kappa shape index (κ3) is 4.42. The first-order valence-corrected chi connectivity index (χ1v) is 7.64. The topological polar surface area (TPSA) is 47.6 Å². The van der Waals surface area contributed by atoms with E-state index in [0.717, 1.165) is 5.56 Å². The zero-order chi connectivity index (χ0) is 16.6. The molecule has 2 atom stereocenters. The molecule has 1 N–H and O–H groups in total. The highest BCUT2D eigenvalue weighted by atomic mass is 17.2. The maximum atomic E-state index is 12.9. The molecule has 0 saturated heterocycles. The quantitative estimate of drug-likeness (QED) is 0.432. The Balaban J connectivity index is 3.02. The molecule has 0 heterocycles. The molecular formula is C18H27NO3. The lowest BCUT2D eigenvalue weighted by molar-refractivity contribution is -0.275. The predicted octanol–water partition coefficient (Wildman–Crippen LogP) is 3.30. The van der Waals surface area contributed by atoms with Crippen LogP contribution in [-0.4, -0.2) is 25.7 Å². The number of allylic oxidation sites excluding steroid dienone is 1. The van der Waals surface area contributed by atoms with Gasteiger partial charge in [0.1, 0.15) is 6.61 Å². The first-order chi connectivity index (χ1) is 10.5. The molecule has 0 aliphatic rings. The van der Waals surface area contributed by atoms with Gasteiger partial charge in [-0.1, -0.05) is 42.8 Å². The second-order valence-corrected chi connectivity index (χ2v) is 5.62. The molecule has 2 unspecified atom stereocenters. The van der Waals surface area contributed by atoms with Crippen molar-refractivity contribution in [2.75, 3.05) is 13.7 Å². The first kappa shape index (κ1) is 18.4. The van der Waals surface area contributed by atoms with Gasteiger partial charge in [0.2, 0.25) is 5.91 Å². The van der Waals surface area contributed by atoms with E-state index in [9.17, 15) is 4.79 Å². The summed E-state index contributed by atoms with van der Waals surface area (Å²) in [6, 6.07) is 7.99. The number of nitrogens with one attached hydrogen (secondary N) is 1. The van der Waals surface area contributed by atoms with E-state index in [1.54, 1.807) is 6.08 Å². The Hall–Kier alpha value is -1.65. The van der Waals surface area contributed by atoms with Crippen LogP contribution in [0.15, 0.2) is 36.9 Å². The number of carbonyl (C=O) groups excluding carboxylic acids is 1. The van der Waals surface area contributed by atoms with Gasteiger partial charge in [0.15, 0.2) is 0 Å². The number of hydrogen-bond acceptors (Lipinski definition) is 3. The van der Waals surface area contributed by atoms with Crippen molar-refractivity contribution in [3.63, 3.8) is 0 Å². The maximum absolute atomic E-state index is 12.9. The molecular weight excluding hydrogens is 278 g/mol. The van der Waals surface area contributed by atoms with Crippen LogP contribution in [-0.2, 0) is 20.0 Å². The van der Waals surface area contributed by atoms with Crippen molar-refractivity contribution in [1.29, 1.82) is 0 Å². The van der Waals surface area contributed by atoms with E-state index in [4.69, 9.17) is 4.89 Å². The number of carbonyl (C=O) groups is 1. The average Bonchev–Trinajstić information content (AvgIpc) is 2.51. The Kier molecular flexibility index (Phi) is 7.28. The fourth-order valence-corrected chi connectivity index (χ4v) is 2.54. The Morgan fingerprint density at radius 2 is 2.05 bits per heavy atom. The molecule has 0 spiro atoms. The molecule has 0 aliphatic carbocycles. The van der Waals surface area contributed by atoms with E-state index < -0.39 is 5.41 Å². The fourth-order valence-electron chi connectivity index (χ4n) is 2.54. The van der Waals surface area contributed by atoms with Gasteiger partial charge in [-0.15, -0.1) is 6.58 Å². The van der Waals surface area contributed by atoms with Crippen LogP contribution in [0.25, 0.3) is 0 Å². The van der Waals surface area contributed by atoms with Crippen molar-refractivity contribution in [2.24, 2.45) is 0 Å². The molecule has 4 heteroatoms. The smallest absolute Gasteiger partial charge is 0.231 e. The first-order valence-electron chi connectivity index (χ1n) is 7.64. The minimum absolute atomic E-state index is 0.00837. The van der Waals surface area contributed by atoms with E-state index in [0.29, 0.717) is 19.4 Å². The molecule has 4 nitrogen and oxygen atoms in total. The number of rotatable bonds is 9. The normalized spacial score (nSPS) is 14.9. The largest absolute Gasteiger partial charge is 0.350 e. The molecule has 122 valence electrons. The summed E-state index contributed by atoms with van der Waals surface area (Å²) in [5, 5.41) is 3.01. The Morgan fingerprint density at radius 1 is 1.41 bits per heavy atom. The van der Waals surface area contributed by atoms with Gasteiger partial charge in [-0.25, -0.2) is 9.78 Å². The van der Waals surface area contributed by atoms with Crippen molar-refractivity contribution < 1.29 is 14.6 Å². The lowest BCUT2D eigenvalue weighted by Gasteiger charge is -2.32. The van der Waals surface area contributed by atoms with Gasteiger partial charge in [0.05, 0.1) is 18.6 Å². The maximum Gasteiger partial charge on any atom is 0.231 e. The molecule has 0 aromatic heterocycles. The average molecular weight is 305 g/mol. The summed E-state index contributed by atoms with van der Waals surface area (Å²) in [7, 11) is 1.45. The van der Waals surface area contributed by atoms with Crippen LogP contribution in [0.4, 0.5) is 0 Å². The summed E-state index contributed by atoms with van der Waals surface area (Å²) in [6.07, 6.45) is 3.10. The molecule has 0 bridgehead atoms. The predicted molar refractivity (Wildman–Crippen MR) is 88.5 cm³/mol. The monoisotopic (exact) mass is 305 g/mol. The summed E-state index contributed by atoms with van der Waals surface area (Å²) in [4.78, 5) is 22.4. The van der Waals surface area contributed by atoms with Crippen LogP contribution in [0.5, 0.6) is 0 Å². The third-order valence-electron chi connectivity index (χ3n) is 3.95. The second-order valence-electron chi connectivity index (χ2n) is 5.62. The summed E-state index contributed by atoms with van der Waals surface area (Å²) in [5.74, 6) is -0.00837. The van der Waals surface area contributed by atoms with Crippen molar-refractivity contribution in [3.05, 3.63) is 48.0 Å².